The molecule has 0 bridgehead atoms. The molecule has 1 heteroatoms. The Morgan fingerprint density at radius 2 is 1.67 bits per heavy atom. The Hall–Kier alpha value is -1.89. The van der Waals surface area contributed by atoms with Crippen molar-refractivity contribution in [2.75, 3.05) is 0 Å². The van der Waals surface area contributed by atoms with E-state index >= 15 is 0 Å². The van der Waals surface area contributed by atoms with Gasteiger partial charge in [-0.1, -0.05) is 62.7 Å². The third-order valence-electron chi connectivity index (χ3n) is 6.66. The number of benzene rings is 2. The fourth-order valence-electron chi connectivity index (χ4n) is 5.14. The van der Waals surface area contributed by atoms with Crippen LogP contribution in [-0.2, 0) is 11.8 Å². The third kappa shape index (κ3) is 4.34. The normalized spacial score (nSPS) is 16.8. The maximum Gasteiger partial charge on any atom is 0.0250 e. The highest BCUT2D eigenvalue weighted by atomic mass is 14.5. The lowest BCUT2D eigenvalue weighted by Crippen LogP contribution is -2.33. The number of hydrogen-bond acceptors (Lipinski definition) is 1. The minimum atomic E-state index is 0.163. The van der Waals surface area contributed by atoms with Crippen molar-refractivity contribution in [1.82, 2.24) is 0 Å². The van der Waals surface area contributed by atoms with Gasteiger partial charge in [-0.15, -0.1) is 0 Å². The monoisotopic (exact) mass is 361 g/mol. The zero-order valence-corrected chi connectivity index (χ0v) is 17.9. The fraction of sp³-hybridized carbons (Fsp3) is 0.500. The quantitative estimate of drug-likeness (QED) is 0.517. The summed E-state index contributed by atoms with van der Waals surface area (Å²) in [5.41, 5.74) is 8.53. The van der Waals surface area contributed by atoms with E-state index in [4.69, 9.17) is 5.41 Å². The van der Waals surface area contributed by atoms with Crippen molar-refractivity contribution in [2.24, 2.45) is 11.3 Å². The van der Waals surface area contributed by atoms with E-state index in [1.165, 1.54) is 53.3 Å². The second kappa shape index (κ2) is 7.26. The second-order valence-electron chi connectivity index (χ2n) is 9.81. The molecule has 1 atom stereocenters. The molecular formula is C26H35N. The standard InChI is InChI=1S/C26H35N/c1-18-7-8-19(2)24(13-18)25(4,5)17-26(6,23-11-12-23)15-22-10-9-21(16-27)14-20(22)3/h7-10,13-14,16,23,27H,11-12,15,17H2,1-6H3. The van der Waals surface area contributed by atoms with Gasteiger partial charge in [-0.25, -0.2) is 0 Å². The minimum absolute atomic E-state index is 0.163. The molecule has 2 aromatic carbocycles. The summed E-state index contributed by atoms with van der Waals surface area (Å²) >= 11 is 0. The van der Waals surface area contributed by atoms with Crippen LogP contribution in [0.1, 0.15) is 73.4 Å². The van der Waals surface area contributed by atoms with Crippen LogP contribution in [0.3, 0.4) is 0 Å². The maximum absolute atomic E-state index is 7.49. The number of aryl methyl sites for hydroxylation is 3. The van der Waals surface area contributed by atoms with Crippen molar-refractivity contribution in [1.29, 1.82) is 5.41 Å². The van der Waals surface area contributed by atoms with Crippen LogP contribution in [0.15, 0.2) is 36.4 Å². The SMILES string of the molecule is Cc1ccc(C)c(C(C)(C)CC(C)(Cc2ccc(C=N)cc2C)C2CC2)c1. The summed E-state index contributed by atoms with van der Waals surface area (Å²) in [5.74, 6) is 0.837. The van der Waals surface area contributed by atoms with Crippen molar-refractivity contribution in [2.45, 2.75) is 72.6 Å². The summed E-state index contributed by atoms with van der Waals surface area (Å²) in [6, 6.07) is 13.4. The highest BCUT2D eigenvalue weighted by Gasteiger charge is 2.45. The van der Waals surface area contributed by atoms with Crippen molar-refractivity contribution >= 4 is 6.21 Å². The van der Waals surface area contributed by atoms with E-state index < -0.39 is 0 Å². The van der Waals surface area contributed by atoms with E-state index in [9.17, 15) is 0 Å². The summed E-state index contributed by atoms with van der Waals surface area (Å²) in [6.45, 7) is 14.0. The average molecular weight is 362 g/mol. The molecule has 1 unspecified atom stereocenters. The average Bonchev–Trinajstić information content (AvgIpc) is 3.44. The van der Waals surface area contributed by atoms with Gasteiger partial charge in [0.1, 0.15) is 0 Å². The van der Waals surface area contributed by atoms with Gasteiger partial charge in [-0.2, -0.15) is 0 Å². The molecule has 0 heterocycles. The lowest BCUT2D eigenvalue weighted by molar-refractivity contribution is 0.192. The first-order valence-electron chi connectivity index (χ1n) is 10.3. The molecule has 0 spiro atoms. The lowest BCUT2D eigenvalue weighted by Gasteiger charge is -2.40. The molecule has 0 aromatic heterocycles. The zero-order chi connectivity index (χ0) is 19.8. The molecule has 1 aliphatic rings. The third-order valence-corrected chi connectivity index (χ3v) is 6.66. The fourth-order valence-corrected chi connectivity index (χ4v) is 5.14. The molecule has 0 radical (unpaired) electrons. The van der Waals surface area contributed by atoms with Gasteiger partial charge in [-0.3, -0.25) is 0 Å². The van der Waals surface area contributed by atoms with Gasteiger partial charge in [0, 0.05) is 6.21 Å². The zero-order valence-electron chi connectivity index (χ0n) is 17.9. The van der Waals surface area contributed by atoms with E-state index in [0.29, 0.717) is 5.41 Å². The van der Waals surface area contributed by atoms with Crippen molar-refractivity contribution in [3.63, 3.8) is 0 Å². The molecule has 2 aromatic rings. The first-order valence-corrected chi connectivity index (χ1v) is 10.3. The van der Waals surface area contributed by atoms with Crippen LogP contribution >= 0.6 is 0 Å². The Morgan fingerprint density at radius 3 is 2.26 bits per heavy atom. The molecular weight excluding hydrogens is 326 g/mol. The van der Waals surface area contributed by atoms with Crippen LogP contribution < -0.4 is 0 Å². The maximum atomic E-state index is 7.49. The van der Waals surface area contributed by atoms with Crippen molar-refractivity contribution in [3.05, 3.63) is 69.8 Å². The Balaban J connectivity index is 1.90. The van der Waals surface area contributed by atoms with Crippen LogP contribution in [0, 0.1) is 37.5 Å². The van der Waals surface area contributed by atoms with Crippen molar-refractivity contribution < 1.29 is 0 Å². The topological polar surface area (TPSA) is 23.9 Å². The highest BCUT2D eigenvalue weighted by molar-refractivity contribution is 5.77. The summed E-state index contributed by atoms with van der Waals surface area (Å²) < 4.78 is 0. The van der Waals surface area contributed by atoms with Crippen LogP contribution in [0.25, 0.3) is 0 Å². The van der Waals surface area contributed by atoms with Gasteiger partial charge >= 0.3 is 0 Å². The van der Waals surface area contributed by atoms with E-state index in [2.05, 4.69) is 77.9 Å². The Morgan fingerprint density at radius 1 is 0.963 bits per heavy atom. The Kier molecular flexibility index (Phi) is 5.34. The smallest absolute Gasteiger partial charge is 0.0250 e. The largest absolute Gasteiger partial charge is 0.308 e. The molecule has 0 amide bonds. The van der Waals surface area contributed by atoms with Gasteiger partial charge in [-0.05, 0) is 91.0 Å². The molecule has 1 fully saturated rings. The van der Waals surface area contributed by atoms with E-state index in [0.717, 1.165) is 17.9 Å². The van der Waals surface area contributed by atoms with Crippen LogP contribution in [0.4, 0.5) is 0 Å². The molecule has 1 saturated carbocycles. The number of hydrogen-bond donors (Lipinski definition) is 1. The van der Waals surface area contributed by atoms with Gasteiger partial charge in [0.2, 0.25) is 0 Å². The highest BCUT2D eigenvalue weighted by Crippen LogP contribution is 2.53. The molecule has 144 valence electrons. The first kappa shape index (κ1) is 19.9. The number of nitrogens with one attached hydrogen (secondary N) is 1. The summed E-state index contributed by atoms with van der Waals surface area (Å²) in [6.07, 6.45) is 6.53. The van der Waals surface area contributed by atoms with Crippen molar-refractivity contribution in [3.8, 4) is 0 Å². The first-order chi connectivity index (χ1) is 12.6. The number of rotatable bonds is 7. The summed E-state index contributed by atoms with van der Waals surface area (Å²) in [7, 11) is 0. The Bertz CT molecular complexity index is 841. The predicted octanol–water partition coefficient (Wildman–Crippen LogP) is 6.94. The second-order valence-corrected chi connectivity index (χ2v) is 9.81. The van der Waals surface area contributed by atoms with Gasteiger partial charge in [0.05, 0.1) is 0 Å². The summed E-state index contributed by atoms with van der Waals surface area (Å²) in [4.78, 5) is 0. The van der Waals surface area contributed by atoms with Gasteiger partial charge < -0.3 is 5.41 Å². The molecule has 1 aliphatic carbocycles. The van der Waals surface area contributed by atoms with Gasteiger partial charge in [0.15, 0.2) is 0 Å². The molecule has 0 aliphatic heterocycles. The minimum Gasteiger partial charge on any atom is -0.308 e. The van der Waals surface area contributed by atoms with Gasteiger partial charge in [0.25, 0.3) is 0 Å². The van der Waals surface area contributed by atoms with E-state index in [1.54, 1.807) is 0 Å². The Labute approximate surface area is 165 Å². The molecule has 27 heavy (non-hydrogen) atoms. The lowest BCUT2D eigenvalue weighted by atomic mass is 9.65. The van der Waals surface area contributed by atoms with Crippen LogP contribution in [0.5, 0.6) is 0 Å². The molecule has 1 nitrogen and oxygen atoms in total. The van der Waals surface area contributed by atoms with Crippen LogP contribution in [0.2, 0.25) is 0 Å². The summed E-state index contributed by atoms with van der Waals surface area (Å²) in [5, 5.41) is 7.49. The predicted molar refractivity (Wildman–Crippen MR) is 117 cm³/mol. The molecule has 3 rings (SSSR count). The molecule has 0 saturated heterocycles. The van der Waals surface area contributed by atoms with Crippen LogP contribution in [-0.4, -0.2) is 6.21 Å². The van der Waals surface area contributed by atoms with E-state index in [-0.39, 0.29) is 5.41 Å². The molecule has 1 N–H and O–H groups in total. The van der Waals surface area contributed by atoms with E-state index in [1.807, 2.05) is 0 Å².